The summed E-state index contributed by atoms with van der Waals surface area (Å²) in [5.74, 6) is 0. The largest absolute Gasteiger partial charge is 0.379 e. The highest BCUT2D eigenvalue weighted by Crippen LogP contribution is 2.16. The normalized spacial score (nSPS) is 18.5. The summed E-state index contributed by atoms with van der Waals surface area (Å²) >= 11 is 6.03. The summed E-state index contributed by atoms with van der Waals surface area (Å²) in [5.41, 5.74) is 2.43. The van der Waals surface area contributed by atoms with Crippen LogP contribution in [0.3, 0.4) is 0 Å². The Morgan fingerprint density at radius 2 is 2.11 bits per heavy atom. The molecule has 1 aliphatic heterocycles. The zero-order chi connectivity index (χ0) is 13.7. The van der Waals surface area contributed by atoms with Crippen LogP contribution in [0.2, 0.25) is 5.02 Å². The van der Waals surface area contributed by atoms with Crippen molar-refractivity contribution in [1.82, 2.24) is 10.2 Å². The van der Waals surface area contributed by atoms with Crippen LogP contribution < -0.4 is 5.32 Å². The van der Waals surface area contributed by atoms with Crippen molar-refractivity contribution in [2.24, 2.45) is 0 Å². The van der Waals surface area contributed by atoms with Crippen LogP contribution in [0.1, 0.15) is 18.1 Å². The van der Waals surface area contributed by atoms with Gasteiger partial charge in [-0.15, -0.1) is 0 Å². The molecule has 3 nitrogen and oxygen atoms in total. The van der Waals surface area contributed by atoms with Gasteiger partial charge in [-0.2, -0.15) is 0 Å². The minimum atomic E-state index is 0.481. The Labute approximate surface area is 120 Å². The van der Waals surface area contributed by atoms with Gasteiger partial charge >= 0.3 is 0 Å². The predicted molar refractivity (Wildman–Crippen MR) is 79.7 cm³/mol. The molecule has 1 N–H and O–H groups in total. The van der Waals surface area contributed by atoms with Crippen LogP contribution in [0.15, 0.2) is 18.2 Å². The van der Waals surface area contributed by atoms with E-state index in [0.717, 1.165) is 50.0 Å². The van der Waals surface area contributed by atoms with Crippen LogP contribution in [-0.4, -0.2) is 43.8 Å². The first kappa shape index (κ1) is 14.8. The molecule has 2 rings (SSSR count). The van der Waals surface area contributed by atoms with Gasteiger partial charge in [-0.1, -0.05) is 23.7 Å². The molecule has 1 unspecified atom stereocenters. The molecule has 0 amide bonds. The van der Waals surface area contributed by atoms with E-state index in [9.17, 15) is 0 Å². The molecular weight excluding hydrogens is 260 g/mol. The van der Waals surface area contributed by atoms with E-state index in [1.54, 1.807) is 0 Å². The third-order valence-electron chi connectivity index (χ3n) is 3.51. The van der Waals surface area contributed by atoms with Crippen molar-refractivity contribution >= 4 is 11.6 Å². The minimum Gasteiger partial charge on any atom is -0.379 e. The molecule has 0 saturated carbocycles. The lowest BCUT2D eigenvalue weighted by atomic mass is 10.1. The van der Waals surface area contributed by atoms with Gasteiger partial charge < -0.3 is 10.1 Å². The first-order valence-corrected chi connectivity index (χ1v) is 7.31. The molecule has 0 aromatic heterocycles. The molecule has 1 fully saturated rings. The molecule has 1 aliphatic rings. The number of nitrogens with zero attached hydrogens (tertiary/aromatic N) is 1. The van der Waals surface area contributed by atoms with Gasteiger partial charge in [0.25, 0.3) is 0 Å². The molecule has 4 heteroatoms. The molecule has 106 valence electrons. The van der Waals surface area contributed by atoms with Gasteiger partial charge in [0.2, 0.25) is 0 Å². The minimum absolute atomic E-state index is 0.481. The van der Waals surface area contributed by atoms with E-state index >= 15 is 0 Å². The van der Waals surface area contributed by atoms with Crippen LogP contribution in [0.4, 0.5) is 0 Å². The van der Waals surface area contributed by atoms with E-state index in [0.29, 0.717) is 6.04 Å². The van der Waals surface area contributed by atoms with E-state index in [-0.39, 0.29) is 0 Å². The Morgan fingerprint density at radius 1 is 1.37 bits per heavy atom. The molecule has 1 aromatic rings. The summed E-state index contributed by atoms with van der Waals surface area (Å²) in [6, 6.07) is 6.69. The quantitative estimate of drug-likeness (QED) is 0.898. The fourth-order valence-electron chi connectivity index (χ4n) is 2.34. The Kier molecular flexibility index (Phi) is 5.64. The number of nitrogens with one attached hydrogen (secondary N) is 1. The average molecular weight is 283 g/mol. The number of morpholine rings is 1. The van der Waals surface area contributed by atoms with Crippen molar-refractivity contribution in [3.63, 3.8) is 0 Å². The summed E-state index contributed by atoms with van der Waals surface area (Å²) in [6.07, 6.45) is 0. The summed E-state index contributed by atoms with van der Waals surface area (Å²) in [4.78, 5) is 2.45. The van der Waals surface area contributed by atoms with Crippen molar-refractivity contribution in [2.45, 2.75) is 26.4 Å². The molecule has 1 atom stereocenters. The zero-order valence-corrected chi connectivity index (χ0v) is 12.5. The van der Waals surface area contributed by atoms with Gasteiger partial charge in [0.05, 0.1) is 13.2 Å². The van der Waals surface area contributed by atoms with Crippen molar-refractivity contribution in [2.75, 3.05) is 32.8 Å². The Morgan fingerprint density at radius 3 is 2.79 bits per heavy atom. The number of aryl methyl sites for hydroxylation is 1. The monoisotopic (exact) mass is 282 g/mol. The Balaban J connectivity index is 1.75. The topological polar surface area (TPSA) is 24.5 Å². The maximum absolute atomic E-state index is 6.03. The lowest BCUT2D eigenvalue weighted by molar-refractivity contribution is 0.0343. The van der Waals surface area contributed by atoms with Crippen molar-refractivity contribution < 1.29 is 4.74 Å². The van der Waals surface area contributed by atoms with Gasteiger partial charge in [0.1, 0.15) is 0 Å². The second kappa shape index (κ2) is 7.25. The summed E-state index contributed by atoms with van der Waals surface area (Å²) in [7, 11) is 0. The molecule has 1 saturated heterocycles. The zero-order valence-electron chi connectivity index (χ0n) is 11.8. The molecule has 0 spiro atoms. The van der Waals surface area contributed by atoms with Crippen LogP contribution in [0.5, 0.6) is 0 Å². The smallest absolute Gasteiger partial charge is 0.0594 e. The second-order valence-electron chi connectivity index (χ2n) is 5.28. The Bertz CT molecular complexity index is 405. The number of halogens is 1. The summed E-state index contributed by atoms with van der Waals surface area (Å²) < 4.78 is 5.36. The van der Waals surface area contributed by atoms with Crippen LogP contribution >= 0.6 is 11.6 Å². The highest BCUT2D eigenvalue weighted by Gasteiger charge is 2.13. The summed E-state index contributed by atoms with van der Waals surface area (Å²) in [6.45, 7) is 10.1. The molecule has 1 heterocycles. The maximum atomic E-state index is 6.03. The highest BCUT2D eigenvalue weighted by molar-refractivity contribution is 6.31. The van der Waals surface area contributed by atoms with Gasteiger partial charge in [-0.25, -0.2) is 0 Å². The molecule has 1 aromatic carbocycles. The van der Waals surface area contributed by atoms with Gasteiger partial charge in [-0.05, 0) is 31.0 Å². The molecule has 0 radical (unpaired) electrons. The molecule has 0 aliphatic carbocycles. The van der Waals surface area contributed by atoms with Crippen LogP contribution in [0, 0.1) is 6.92 Å². The fraction of sp³-hybridized carbons (Fsp3) is 0.600. The van der Waals surface area contributed by atoms with Crippen LogP contribution in [-0.2, 0) is 11.3 Å². The van der Waals surface area contributed by atoms with Crippen LogP contribution in [0.25, 0.3) is 0 Å². The van der Waals surface area contributed by atoms with Crippen molar-refractivity contribution in [3.05, 3.63) is 34.3 Å². The second-order valence-corrected chi connectivity index (χ2v) is 5.69. The lowest BCUT2D eigenvalue weighted by Crippen LogP contribution is -2.44. The van der Waals surface area contributed by atoms with Gasteiger partial charge in [0, 0.05) is 37.2 Å². The van der Waals surface area contributed by atoms with E-state index < -0.39 is 0 Å². The standard InChI is InChI=1S/C15H23ClN2O/c1-12-9-14(3-4-15(12)16)10-17-13(2)11-18-5-7-19-8-6-18/h3-4,9,13,17H,5-8,10-11H2,1-2H3. The average Bonchev–Trinajstić information content (AvgIpc) is 2.41. The SMILES string of the molecule is Cc1cc(CNC(C)CN2CCOCC2)ccc1Cl. The third-order valence-corrected chi connectivity index (χ3v) is 3.94. The van der Waals surface area contributed by atoms with Crippen molar-refractivity contribution in [1.29, 1.82) is 0 Å². The Hall–Kier alpha value is -0.610. The van der Waals surface area contributed by atoms with E-state index in [1.807, 2.05) is 13.0 Å². The number of benzene rings is 1. The summed E-state index contributed by atoms with van der Waals surface area (Å²) in [5, 5.41) is 4.41. The predicted octanol–water partition coefficient (Wildman–Crippen LogP) is 2.46. The van der Waals surface area contributed by atoms with E-state index in [4.69, 9.17) is 16.3 Å². The molecule has 19 heavy (non-hydrogen) atoms. The molecular formula is C15H23ClN2O. The highest BCUT2D eigenvalue weighted by atomic mass is 35.5. The van der Waals surface area contributed by atoms with Crippen molar-refractivity contribution in [3.8, 4) is 0 Å². The fourth-order valence-corrected chi connectivity index (χ4v) is 2.46. The van der Waals surface area contributed by atoms with E-state index in [2.05, 4.69) is 29.3 Å². The third kappa shape index (κ3) is 4.77. The first-order chi connectivity index (χ1) is 9.15. The lowest BCUT2D eigenvalue weighted by Gasteiger charge is -2.29. The first-order valence-electron chi connectivity index (χ1n) is 6.93. The van der Waals surface area contributed by atoms with Gasteiger partial charge in [0.15, 0.2) is 0 Å². The number of ether oxygens (including phenoxy) is 1. The molecule has 0 bridgehead atoms. The number of hydrogen-bond donors (Lipinski definition) is 1. The number of rotatable bonds is 5. The van der Waals surface area contributed by atoms with Gasteiger partial charge in [-0.3, -0.25) is 4.90 Å². The number of hydrogen-bond acceptors (Lipinski definition) is 3. The maximum Gasteiger partial charge on any atom is 0.0594 e. The van der Waals surface area contributed by atoms with E-state index in [1.165, 1.54) is 5.56 Å².